The van der Waals surface area contributed by atoms with Crippen LogP contribution in [0.1, 0.15) is 22.3 Å². The maximum atomic E-state index is 5.29. The Morgan fingerprint density at radius 1 is 0.531 bits per heavy atom. The molecule has 4 aromatic rings. The average molecular weight is 421 g/mol. The van der Waals surface area contributed by atoms with Crippen LogP contribution in [0.3, 0.4) is 0 Å². The first-order valence-corrected chi connectivity index (χ1v) is 10.3. The molecule has 4 heteroatoms. The van der Waals surface area contributed by atoms with Crippen LogP contribution < -0.4 is 9.47 Å². The molecule has 4 rings (SSSR count). The van der Waals surface area contributed by atoms with Gasteiger partial charge in [-0.3, -0.25) is 9.97 Å². The molecule has 4 nitrogen and oxygen atoms in total. The average Bonchev–Trinajstić information content (AvgIpc) is 2.87. The lowest BCUT2D eigenvalue weighted by Crippen LogP contribution is -1.89. The highest BCUT2D eigenvalue weighted by molar-refractivity contribution is 5.74. The summed E-state index contributed by atoms with van der Waals surface area (Å²) in [7, 11) is 3.34. The molecule has 0 fully saturated rings. The fourth-order valence-corrected chi connectivity index (χ4v) is 3.23. The Labute approximate surface area is 188 Å². The second-order valence-corrected chi connectivity index (χ2v) is 7.17. The Balaban J connectivity index is 1.52. The quantitative estimate of drug-likeness (QED) is 0.342. The van der Waals surface area contributed by atoms with Gasteiger partial charge in [-0.25, -0.2) is 0 Å². The summed E-state index contributed by atoms with van der Waals surface area (Å²) in [6.45, 7) is 0. The first-order valence-electron chi connectivity index (χ1n) is 10.3. The molecule has 0 unspecified atom stereocenters. The lowest BCUT2D eigenvalue weighted by Gasteiger charge is -2.04. The third-order valence-electron chi connectivity index (χ3n) is 4.98. The smallest absolute Gasteiger partial charge is 0.119 e. The SMILES string of the molecule is COc1ccc(/C=C/c2ccnc(-c3cc(/C=C/c4cccc(OC)c4)ccn3)c2)cc1. The number of hydrogen-bond donors (Lipinski definition) is 0. The first kappa shape index (κ1) is 21.1. The molecule has 0 aliphatic heterocycles. The summed E-state index contributed by atoms with van der Waals surface area (Å²) >= 11 is 0. The van der Waals surface area contributed by atoms with Crippen LogP contribution in [0.5, 0.6) is 11.5 Å². The molecule has 2 heterocycles. The highest BCUT2D eigenvalue weighted by atomic mass is 16.5. The molecule has 0 amide bonds. The van der Waals surface area contributed by atoms with Crippen LogP contribution in [-0.2, 0) is 0 Å². The van der Waals surface area contributed by atoms with Crippen LogP contribution in [0.4, 0.5) is 0 Å². The Kier molecular flexibility index (Phi) is 6.73. The van der Waals surface area contributed by atoms with Crippen LogP contribution in [0.15, 0.2) is 85.2 Å². The van der Waals surface area contributed by atoms with Crippen LogP contribution in [0, 0.1) is 0 Å². The van der Waals surface area contributed by atoms with Gasteiger partial charge in [-0.15, -0.1) is 0 Å². The van der Waals surface area contributed by atoms with Gasteiger partial charge in [-0.2, -0.15) is 0 Å². The molecule has 0 spiro atoms. The Hall–Kier alpha value is -4.18. The fraction of sp³-hybridized carbons (Fsp3) is 0.0714. The van der Waals surface area contributed by atoms with E-state index in [4.69, 9.17) is 9.47 Å². The number of methoxy groups -OCH3 is 2. The maximum absolute atomic E-state index is 5.29. The van der Waals surface area contributed by atoms with E-state index in [1.54, 1.807) is 14.2 Å². The Morgan fingerprint density at radius 2 is 1.06 bits per heavy atom. The van der Waals surface area contributed by atoms with Crippen molar-refractivity contribution in [1.29, 1.82) is 0 Å². The van der Waals surface area contributed by atoms with Crippen molar-refractivity contribution in [2.75, 3.05) is 14.2 Å². The van der Waals surface area contributed by atoms with Crippen LogP contribution in [-0.4, -0.2) is 24.2 Å². The van der Waals surface area contributed by atoms with Gasteiger partial charge >= 0.3 is 0 Å². The van der Waals surface area contributed by atoms with E-state index in [-0.39, 0.29) is 0 Å². The predicted molar refractivity (Wildman–Crippen MR) is 131 cm³/mol. The molecule has 2 aromatic heterocycles. The van der Waals surface area contributed by atoms with Crippen molar-refractivity contribution >= 4 is 24.3 Å². The summed E-state index contributed by atoms with van der Waals surface area (Å²) in [6.07, 6.45) is 11.9. The van der Waals surface area contributed by atoms with E-state index in [9.17, 15) is 0 Å². The second-order valence-electron chi connectivity index (χ2n) is 7.17. The van der Waals surface area contributed by atoms with Crippen LogP contribution in [0.25, 0.3) is 35.7 Å². The van der Waals surface area contributed by atoms with E-state index < -0.39 is 0 Å². The minimum Gasteiger partial charge on any atom is -0.497 e. The van der Waals surface area contributed by atoms with Gasteiger partial charge in [0.15, 0.2) is 0 Å². The van der Waals surface area contributed by atoms with E-state index in [1.807, 2.05) is 85.2 Å². The topological polar surface area (TPSA) is 44.2 Å². The summed E-state index contributed by atoms with van der Waals surface area (Å²) in [4.78, 5) is 9.03. The number of hydrogen-bond acceptors (Lipinski definition) is 4. The van der Waals surface area contributed by atoms with Crippen molar-refractivity contribution in [2.45, 2.75) is 0 Å². The summed E-state index contributed by atoms with van der Waals surface area (Å²) in [5.74, 6) is 1.69. The van der Waals surface area contributed by atoms with Gasteiger partial charge in [0.2, 0.25) is 0 Å². The lowest BCUT2D eigenvalue weighted by atomic mass is 10.1. The summed E-state index contributed by atoms with van der Waals surface area (Å²) in [6, 6.07) is 23.9. The fourth-order valence-electron chi connectivity index (χ4n) is 3.23. The van der Waals surface area contributed by atoms with Crippen LogP contribution in [0.2, 0.25) is 0 Å². The molecule has 0 saturated heterocycles. The van der Waals surface area contributed by atoms with E-state index >= 15 is 0 Å². The van der Waals surface area contributed by atoms with Crippen molar-refractivity contribution in [1.82, 2.24) is 9.97 Å². The number of ether oxygens (including phenoxy) is 2. The summed E-state index contributed by atoms with van der Waals surface area (Å²) < 4.78 is 10.5. The molecule has 158 valence electrons. The lowest BCUT2D eigenvalue weighted by molar-refractivity contribution is 0.414. The molecular formula is C28H24N2O2. The number of nitrogens with zero attached hydrogens (tertiary/aromatic N) is 2. The highest BCUT2D eigenvalue weighted by Gasteiger charge is 2.02. The first-order chi connectivity index (χ1) is 15.7. The largest absolute Gasteiger partial charge is 0.497 e. The number of pyridine rings is 2. The molecular weight excluding hydrogens is 396 g/mol. The molecule has 0 atom stereocenters. The monoisotopic (exact) mass is 420 g/mol. The zero-order valence-electron chi connectivity index (χ0n) is 18.1. The molecule has 0 aliphatic rings. The molecule has 0 N–H and O–H groups in total. The minimum atomic E-state index is 0.831. The Bertz CT molecular complexity index is 1240. The van der Waals surface area contributed by atoms with E-state index in [0.29, 0.717) is 0 Å². The zero-order chi connectivity index (χ0) is 22.2. The van der Waals surface area contributed by atoms with Crippen molar-refractivity contribution in [3.05, 3.63) is 107 Å². The van der Waals surface area contributed by atoms with Gasteiger partial charge in [-0.05, 0) is 70.8 Å². The van der Waals surface area contributed by atoms with Gasteiger partial charge in [0.05, 0.1) is 25.6 Å². The van der Waals surface area contributed by atoms with Crippen molar-refractivity contribution in [2.24, 2.45) is 0 Å². The number of benzene rings is 2. The summed E-state index contributed by atoms with van der Waals surface area (Å²) in [5, 5.41) is 0. The number of aromatic nitrogens is 2. The van der Waals surface area contributed by atoms with Gasteiger partial charge in [0, 0.05) is 12.4 Å². The van der Waals surface area contributed by atoms with Gasteiger partial charge < -0.3 is 9.47 Å². The van der Waals surface area contributed by atoms with Gasteiger partial charge in [-0.1, -0.05) is 48.6 Å². The predicted octanol–water partition coefficient (Wildman–Crippen LogP) is 6.50. The maximum Gasteiger partial charge on any atom is 0.119 e. The van der Waals surface area contributed by atoms with Crippen molar-refractivity contribution in [3.63, 3.8) is 0 Å². The zero-order valence-corrected chi connectivity index (χ0v) is 18.1. The molecule has 0 radical (unpaired) electrons. The van der Waals surface area contributed by atoms with Crippen LogP contribution >= 0.6 is 0 Å². The molecule has 32 heavy (non-hydrogen) atoms. The van der Waals surface area contributed by atoms with Gasteiger partial charge in [0.25, 0.3) is 0 Å². The molecule has 0 bridgehead atoms. The van der Waals surface area contributed by atoms with E-state index in [1.165, 1.54) is 0 Å². The van der Waals surface area contributed by atoms with E-state index in [0.717, 1.165) is 45.1 Å². The second kappa shape index (κ2) is 10.2. The minimum absolute atomic E-state index is 0.831. The highest BCUT2D eigenvalue weighted by Crippen LogP contribution is 2.20. The van der Waals surface area contributed by atoms with Gasteiger partial charge in [0.1, 0.15) is 11.5 Å². The normalized spacial score (nSPS) is 11.2. The third kappa shape index (κ3) is 5.49. The Morgan fingerprint density at radius 3 is 1.62 bits per heavy atom. The molecule has 0 aliphatic carbocycles. The van der Waals surface area contributed by atoms with Crippen molar-refractivity contribution in [3.8, 4) is 22.9 Å². The number of rotatable bonds is 7. The standard InChI is InChI=1S/C28H24N2O2/c1-31-25-12-10-21(11-13-25)6-7-23-14-16-29-27(19-23)28-20-24(15-17-30-28)9-8-22-4-3-5-26(18-22)32-2/h3-20H,1-2H3/b7-6+,9-8+. The van der Waals surface area contributed by atoms with E-state index in [2.05, 4.69) is 34.3 Å². The third-order valence-corrected chi connectivity index (χ3v) is 4.98. The van der Waals surface area contributed by atoms with Crippen molar-refractivity contribution < 1.29 is 9.47 Å². The summed E-state index contributed by atoms with van der Waals surface area (Å²) in [5.41, 5.74) is 5.96. The molecule has 2 aromatic carbocycles. The molecule has 0 saturated carbocycles.